The summed E-state index contributed by atoms with van der Waals surface area (Å²) in [7, 11) is -2.00. The van der Waals surface area contributed by atoms with Gasteiger partial charge in [0.05, 0.1) is 0 Å². The average molecular weight is 741 g/mol. The Bertz CT molecular complexity index is 2220. The van der Waals surface area contributed by atoms with Crippen molar-refractivity contribution >= 4 is 40.9 Å². The maximum absolute atomic E-state index is 7.13. The van der Waals surface area contributed by atoms with Gasteiger partial charge in [0.15, 0.2) is 0 Å². The molecule has 0 radical (unpaired) electrons. The van der Waals surface area contributed by atoms with Gasteiger partial charge in [0.2, 0.25) is 0 Å². The van der Waals surface area contributed by atoms with Gasteiger partial charge in [-0.25, -0.2) is 0 Å². The quantitative estimate of drug-likeness (QED) is 0.159. The highest BCUT2D eigenvalue weighted by atomic mass is 31.2. The summed E-state index contributed by atoms with van der Waals surface area (Å²) in [6.45, 7) is 33.7. The fraction of sp³-hybridized carbons (Fsp3) is 0.400. The van der Waals surface area contributed by atoms with Crippen molar-refractivity contribution in [3.05, 3.63) is 125 Å². The van der Waals surface area contributed by atoms with Gasteiger partial charge >= 0.3 is 8.60 Å². The van der Waals surface area contributed by atoms with Gasteiger partial charge in [-0.1, -0.05) is 165 Å². The first kappa shape index (κ1) is 39.6. The lowest BCUT2D eigenvalue weighted by atomic mass is 9.83. The van der Waals surface area contributed by atoms with E-state index in [0.29, 0.717) is 0 Å². The Labute approximate surface area is 326 Å². The van der Waals surface area contributed by atoms with Crippen molar-refractivity contribution in [1.29, 1.82) is 0 Å². The van der Waals surface area contributed by atoms with Crippen molar-refractivity contribution in [3.8, 4) is 17.2 Å². The molecule has 0 unspecified atom stereocenters. The number of hydrogen-bond acceptors (Lipinski definition) is 3. The zero-order valence-corrected chi connectivity index (χ0v) is 36.3. The molecule has 0 atom stereocenters. The first-order valence-corrected chi connectivity index (χ1v) is 20.5. The normalized spacial score (nSPS) is 13.3. The Morgan fingerprint density at radius 3 is 0.926 bits per heavy atom. The second kappa shape index (κ2) is 13.9. The molecule has 0 aliphatic carbocycles. The molecule has 0 saturated heterocycles. The van der Waals surface area contributed by atoms with E-state index >= 15 is 0 Å². The number of benzene rings is 6. The largest absolute Gasteiger partial charge is 0.530 e. The van der Waals surface area contributed by atoms with E-state index in [9.17, 15) is 0 Å². The van der Waals surface area contributed by atoms with Gasteiger partial charge in [0.25, 0.3) is 0 Å². The topological polar surface area (TPSA) is 27.7 Å². The molecule has 0 bridgehead atoms. The van der Waals surface area contributed by atoms with Crippen molar-refractivity contribution in [1.82, 2.24) is 0 Å². The van der Waals surface area contributed by atoms with Crippen LogP contribution in [-0.4, -0.2) is 0 Å². The molecule has 6 rings (SSSR count). The SMILES string of the molecule is CC(C)(C)c1ccc2cc(OP(Oc3cc4ccccc4cc3C(C)(C)C)Oc3cc4ccc(C(C)(C)C)cc4cc3C(C)(C)C)c(C(C)(C)C)cc2c1. The molecular formula is C50H61O3P. The van der Waals surface area contributed by atoms with Crippen LogP contribution in [0.3, 0.4) is 0 Å². The average Bonchev–Trinajstić information content (AvgIpc) is 3.04. The lowest BCUT2D eigenvalue weighted by Gasteiger charge is -2.29. The van der Waals surface area contributed by atoms with E-state index in [1.165, 1.54) is 27.3 Å². The second-order valence-corrected chi connectivity index (χ2v) is 21.3. The summed E-state index contributed by atoms with van der Waals surface area (Å²) in [5.41, 5.74) is 5.45. The Morgan fingerprint density at radius 2 is 0.611 bits per heavy atom. The molecule has 0 aromatic heterocycles. The lowest BCUT2D eigenvalue weighted by Crippen LogP contribution is -2.17. The van der Waals surface area contributed by atoms with Crippen molar-refractivity contribution in [2.75, 3.05) is 0 Å². The summed E-state index contributed by atoms with van der Waals surface area (Å²) >= 11 is 0. The highest BCUT2D eigenvalue weighted by Crippen LogP contribution is 2.51. The molecule has 4 heteroatoms. The van der Waals surface area contributed by atoms with E-state index in [1.54, 1.807) is 0 Å². The third-order valence-electron chi connectivity index (χ3n) is 10.4. The summed E-state index contributed by atoms with van der Waals surface area (Å²) in [4.78, 5) is 0. The van der Waals surface area contributed by atoms with Crippen LogP contribution in [0.5, 0.6) is 17.2 Å². The molecule has 0 saturated carbocycles. The van der Waals surface area contributed by atoms with Crippen LogP contribution < -0.4 is 13.6 Å². The highest BCUT2D eigenvalue weighted by molar-refractivity contribution is 7.43. The summed E-state index contributed by atoms with van der Waals surface area (Å²) in [5, 5.41) is 6.95. The minimum absolute atomic E-state index is 0.0464. The van der Waals surface area contributed by atoms with E-state index in [-0.39, 0.29) is 27.1 Å². The van der Waals surface area contributed by atoms with Gasteiger partial charge < -0.3 is 13.6 Å². The van der Waals surface area contributed by atoms with Gasteiger partial charge in [-0.2, -0.15) is 0 Å². The molecule has 0 amide bonds. The standard InChI is InChI=1S/C50H61O3P/c1-46(2,3)38-22-20-34-30-44(41(49(10,11)12)27-36(34)24-38)52-54(51-43-29-33-19-17-16-18-32(33)26-40(43)48(7,8)9)53-45-31-35-21-23-39(47(4,5)6)25-37(35)28-42(45)50(13,14)15/h16-31H,1-15H3. The van der Waals surface area contributed by atoms with Gasteiger partial charge in [-0.3, -0.25) is 0 Å². The van der Waals surface area contributed by atoms with Crippen molar-refractivity contribution in [3.63, 3.8) is 0 Å². The van der Waals surface area contributed by atoms with Gasteiger partial charge in [0.1, 0.15) is 17.2 Å². The van der Waals surface area contributed by atoms with Crippen LogP contribution in [0.2, 0.25) is 0 Å². The van der Waals surface area contributed by atoms with E-state index < -0.39 is 8.60 Å². The summed E-state index contributed by atoms with van der Waals surface area (Å²) in [5.74, 6) is 2.32. The maximum atomic E-state index is 7.13. The van der Waals surface area contributed by atoms with Crippen molar-refractivity contribution in [2.45, 2.75) is 131 Å². The molecule has 0 N–H and O–H groups in total. The van der Waals surface area contributed by atoms with Crippen LogP contribution in [-0.2, 0) is 27.1 Å². The smallest absolute Gasteiger partial charge is 0.408 e. The predicted octanol–water partition coefficient (Wildman–Crippen LogP) is 15.4. The molecule has 6 aromatic carbocycles. The molecule has 3 nitrogen and oxygen atoms in total. The Kier molecular flexibility index (Phi) is 10.2. The van der Waals surface area contributed by atoms with Crippen LogP contribution in [0.1, 0.15) is 132 Å². The fourth-order valence-corrected chi connectivity index (χ4v) is 8.03. The molecule has 0 aliphatic rings. The molecule has 0 heterocycles. The minimum atomic E-state index is -2.00. The van der Waals surface area contributed by atoms with Crippen molar-refractivity contribution in [2.24, 2.45) is 0 Å². The molecule has 54 heavy (non-hydrogen) atoms. The molecule has 284 valence electrons. The molecular weight excluding hydrogens is 680 g/mol. The summed E-state index contributed by atoms with van der Waals surface area (Å²) < 4.78 is 21.4. The third kappa shape index (κ3) is 8.58. The zero-order chi connectivity index (χ0) is 39.6. The predicted molar refractivity (Wildman–Crippen MR) is 234 cm³/mol. The Balaban J connectivity index is 1.54. The Hall–Kier alpha value is -4.07. The molecule has 0 fully saturated rings. The van der Waals surface area contributed by atoms with E-state index in [0.717, 1.165) is 50.1 Å². The summed E-state index contributed by atoms with van der Waals surface area (Å²) in [6.07, 6.45) is 0. The van der Waals surface area contributed by atoms with Gasteiger partial charge in [-0.05, 0) is 107 Å². The molecule has 6 aromatic rings. The first-order chi connectivity index (χ1) is 24.9. The van der Waals surface area contributed by atoms with E-state index in [4.69, 9.17) is 13.6 Å². The zero-order valence-electron chi connectivity index (χ0n) is 35.4. The van der Waals surface area contributed by atoms with Gasteiger partial charge in [-0.15, -0.1) is 0 Å². The monoisotopic (exact) mass is 740 g/mol. The fourth-order valence-electron chi connectivity index (χ4n) is 6.99. The van der Waals surface area contributed by atoms with Crippen LogP contribution in [0.15, 0.2) is 97.1 Å². The minimum Gasteiger partial charge on any atom is -0.408 e. The van der Waals surface area contributed by atoms with E-state index in [2.05, 4.69) is 201 Å². The molecule has 0 spiro atoms. The number of hydrogen-bond donors (Lipinski definition) is 0. The van der Waals surface area contributed by atoms with Gasteiger partial charge in [0, 0.05) is 16.7 Å². The second-order valence-electron chi connectivity index (χ2n) is 20.3. The van der Waals surface area contributed by atoms with Crippen LogP contribution >= 0.6 is 8.60 Å². The number of fused-ring (bicyclic) bond motifs is 3. The maximum Gasteiger partial charge on any atom is 0.530 e. The number of rotatable bonds is 6. The molecule has 0 aliphatic heterocycles. The first-order valence-electron chi connectivity index (χ1n) is 19.4. The lowest BCUT2D eigenvalue weighted by molar-refractivity contribution is 0.373. The van der Waals surface area contributed by atoms with Crippen molar-refractivity contribution < 1.29 is 13.6 Å². The van der Waals surface area contributed by atoms with Crippen LogP contribution in [0.25, 0.3) is 32.3 Å². The third-order valence-corrected chi connectivity index (χ3v) is 11.4. The summed E-state index contributed by atoms with van der Waals surface area (Å²) in [6, 6.07) is 35.4. The van der Waals surface area contributed by atoms with E-state index in [1.807, 2.05) is 0 Å². The Morgan fingerprint density at radius 1 is 0.315 bits per heavy atom. The van der Waals surface area contributed by atoms with Crippen LogP contribution in [0, 0.1) is 0 Å². The highest BCUT2D eigenvalue weighted by Gasteiger charge is 2.32. The van der Waals surface area contributed by atoms with Crippen LogP contribution in [0.4, 0.5) is 0 Å².